The van der Waals surface area contributed by atoms with Crippen LogP contribution in [0, 0.1) is 5.82 Å². The molecule has 48 heavy (non-hydrogen) atoms. The molecule has 0 spiro atoms. The molecule has 1 fully saturated rings. The summed E-state index contributed by atoms with van der Waals surface area (Å²) < 4.78 is 31.6. The summed E-state index contributed by atoms with van der Waals surface area (Å²) in [7, 11) is 0. The molecule has 2 heterocycles. The van der Waals surface area contributed by atoms with E-state index in [4.69, 9.17) is 14.2 Å². The number of ether oxygens (including phenoxy) is 3. The SMILES string of the molecule is CCCCOc1ccc(C(O)=C2C(=O)C(=O)N(c3nnc(SCc4ccc(F)cc4)s3)C2c2ccc(OCCCC)c(OCC)c2)cc1. The van der Waals surface area contributed by atoms with E-state index in [-0.39, 0.29) is 22.3 Å². The largest absolute Gasteiger partial charge is 0.507 e. The van der Waals surface area contributed by atoms with Gasteiger partial charge in [0.05, 0.1) is 31.4 Å². The fourth-order valence-corrected chi connectivity index (χ4v) is 6.86. The number of carbonyl (C=O) groups excluding carboxylic acids is 2. The Labute approximate surface area is 287 Å². The lowest BCUT2D eigenvalue weighted by molar-refractivity contribution is -0.132. The molecule has 0 radical (unpaired) electrons. The van der Waals surface area contributed by atoms with E-state index in [2.05, 4.69) is 24.0 Å². The second kappa shape index (κ2) is 16.6. The predicted molar refractivity (Wildman–Crippen MR) is 186 cm³/mol. The number of anilines is 1. The van der Waals surface area contributed by atoms with Crippen molar-refractivity contribution >= 4 is 45.7 Å². The summed E-state index contributed by atoms with van der Waals surface area (Å²) in [6, 6.07) is 17.2. The summed E-state index contributed by atoms with van der Waals surface area (Å²) in [5, 5.41) is 20.4. The first kappa shape index (κ1) is 34.9. The van der Waals surface area contributed by atoms with Gasteiger partial charge in [-0.2, -0.15) is 0 Å². The smallest absolute Gasteiger partial charge is 0.301 e. The Morgan fingerprint density at radius 3 is 2.29 bits per heavy atom. The van der Waals surface area contributed by atoms with Gasteiger partial charge in [0.2, 0.25) is 5.13 Å². The van der Waals surface area contributed by atoms with Gasteiger partial charge < -0.3 is 19.3 Å². The van der Waals surface area contributed by atoms with E-state index >= 15 is 0 Å². The van der Waals surface area contributed by atoms with E-state index in [1.54, 1.807) is 54.6 Å². The monoisotopic (exact) mass is 691 g/mol. The molecule has 12 heteroatoms. The maximum Gasteiger partial charge on any atom is 0.301 e. The maximum absolute atomic E-state index is 13.8. The Balaban J connectivity index is 1.53. The summed E-state index contributed by atoms with van der Waals surface area (Å²) >= 11 is 2.53. The van der Waals surface area contributed by atoms with Crippen molar-refractivity contribution in [3.05, 3.63) is 94.8 Å². The molecule has 1 aliphatic heterocycles. The quantitative estimate of drug-likeness (QED) is 0.0310. The van der Waals surface area contributed by atoms with Crippen LogP contribution in [0.1, 0.15) is 69.2 Å². The molecule has 252 valence electrons. The predicted octanol–water partition coefficient (Wildman–Crippen LogP) is 8.35. The van der Waals surface area contributed by atoms with Crippen molar-refractivity contribution < 1.29 is 33.3 Å². The van der Waals surface area contributed by atoms with Crippen LogP contribution >= 0.6 is 23.1 Å². The standard InChI is InChI=1S/C36H38FN3O6S2/c1-4-7-19-45-27-16-11-24(12-17-27)32(41)30-31(25-13-18-28(46-20-8-5-2)29(21-25)44-6-3)40(34(43)33(30)42)35-38-39-36(48-35)47-22-23-9-14-26(37)15-10-23/h9-18,21,31,41H,4-8,19-20,22H2,1-3H3. The number of aliphatic hydroxyl groups is 1. The minimum Gasteiger partial charge on any atom is -0.507 e. The highest BCUT2D eigenvalue weighted by atomic mass is 32.2. The van der Waals surface area contributed by atoms with Crippen molar-refractivity contribution in [1.29, 1.82) is 0 Å². The average molecular weight is 692 g/mol. The summed E-state index contributed by atoms with van der Waals surface area (Å²) in [5.41, 5.74) is 1.69. The Morgan fingerprint density at radius 1 is 0.896 bits per heavy atom. The van der Waals surface area contributed by atoms with Crippen LogP contribution in [0.25, 0.3) is 5.76 Å². The van der Waals surface area contributed by atoms with Gasteiger partial charge in [0.25, 0.3) is 5.78 Å². The summed E-state index contributed by atoms with van der Waals surface area (Å²) in [6.45, 7) is 7.46. The number of halogens is 1. The van der Waals surface area contributed by atoms with E-state index in [1.807, 2.05) is 6.92 Å². The van der Waals surface area contributed by atoms with Crippen molar-refractivity contribution in [2.24, 2.45) is 0 Å². The molecule has 0 bridgehead atoms. The van der Waals surface area contributed by atoms with Crippen LogP contribution in [-0.2, 0) is 15.3 Å². The average Bonchev–Trinajstić information content (AvgIpc) is 3.67. The van der Waals surface area contributed by atoms with E-state index in [0.717, 1.165) is 42.6 Å². The zero-order valence-electron chi connectivity index (χ0n) is 27.1. The number of ketones is 1. The Kier molecular flexibility index (Phi) is 12.1. The van der Waals surface area contributed by atoms with Gasteiger partial charge in [0.15, 0.2) is 15.8 Å². The second-order valence-corrected chi connectivity index (χ2v) is 13.2. The van der Waals surface area contributed by atoms with Crippen molar-refractivity contribution in [3.63, 3.8) is 0 Å². The van der Waals surface area contributed by atoms with Gasteiger partial charge in [-0.25, -0.2) is 4.39 Å². The Hall–Kier alpha value is -4.42. The number of Topliss-reactive ketones (excluding diaryl/α,β-unsaturated/α-hetero) is 1. The van der Waals surface area contributed by atoms with E-state index < -0.39 is 17.7 Å². The van der Waals surface area contributed by atoms with Crippen molar-refractivity contribution in [2.75, 3.05) is 24.7 Å². The molecule has 1 atom stereocenters. The fourth-order valence-electron chi connectivity index (χ4n) is 5.04. The molecule has 1 amide bonds. The molecule has 4 aromatic rings. The topological polar surface area (TPSA) is 111 Å². The van der Waals surface area contributed by atoms with Crippen molar-refractivity contribution in [1.82, 2.24) is 10.2 Å². The molecule has 3 aromatic carbocycles. The molecule has 1 aromatic heterocycles. The lowest BCUT2D eigenvalue weighted by Crippen LogP contribution is -2.29. The Morgan fingerprint density at radius 2 is 1.60 bits per heavy atom. The first-order chi connectivity index (χ1) is 23.3. The van der Waals surface area contributed by atoms with Gasteiger partial charge in [0.1, 0.15) is 17.3 Å². The van der Waals surface area contributed by atoms with Crippen LogP contribution in [0.5, 0.6) is 17.2 Å². The van der Waals surface area contributed by atoms with E-state index in [9.17, 15) is 19.1 Å². The number of rotatable bonds is 16. The second-order valence-electron chi connectivity index (χ2n) is 11.0. The highest BCUT2D eigenvalue weighted by Gasteiger charge is 2.48. The zero-order chi connectivity index (χ0) is 34.0. The molecular weight excluding hydrogens is 654 g/mol. The van der Waals surface area contributed by atoms with Crippen LogP contribution < -0.4 is 19.1 Å². The number of hydrogen-bond donors (Lipinski definition) is 1. The number of unbranched alkanes of at least 4 members (excludes halogenated alkanes) is 2. The molecular formula is C36H38FN3O6S2. The first-order valence-corrected chi connectivity index (χ1v) is 17.8. The summed E-state index contributed by atoms with van der Waals surface area (Å²) in [6.07, 6.45) is 3.75. The highest BCUT2D eigenvalue weighted by molar-refractivity contribution is 8.00. The third kappa shape index (κ3) is 8.16. The summed E-state index contributed by atoms with van der Waals surface area (Å²) in [4.78, 5) is 28.8. The van der Waals surface area contributed by atoms with Gasteiger partial charge in [-0.1, -0.05) is 68.0 Å². The number of benzene rings is 3. The molecule has 5 rings (SSSR count). The number of amides is 1. The van der Waals surface area contributed by atoms with Gasteiger partial charge >= 0.3 is 5.91 Å². The lowest BCUT2D eigenvalue weighted by atomic mass is 9.95. The molecule has 9 nitrogen and oxygen atoms in total. The molecule has 1 aliphatic rings. The van der Waals surface area contributed by atoms with E-state index in [1.165, 1.54) is 28.8 Å². The fraction of sp³-hybridized carbons (Fsp3) is 0.333. The third-order valence-corrected chi connectivity index (χ3v) is 9.68. The minimum atomic E-state index is -1.03. The van der Waals surface area contributed by atoms with Crippen molar-refractivity contribution in [2.45, 2.75) is 62.6 Å². The summed E-state index contributed by atoms with van der Waals surface area (Å²) in [5.74, 6) is -0.188. The number of carbonyl (C=O) groups is 2. The van der Waals surface area contributed by atoms with Gasteiger partial charge in [-0.15, -0.1) is 10.2 Å². The highest BCUT2D eigenvalue weighted by Crippen LogP contribution is 2.46. The van der Waals surface area contributed by atoms with Crippen LogP contribution in [0.3, 0.4) is 0 Å². The van der Waals surface area contributed by atoms with E-state index in [0.29, 0.717) is 58.3 Å². The number of nitrogens with zero attached hydrogens (tertiary/aromatic N) is 3. The van der Waals surface area contributed by atoms with Gasteiger partial charge in [0, 0.05) is 11.3 Å². The normalized spacial score (nSPS) is 15.6. The zero-order valence-corrected chi connectivity index (χ0v) is 28.7. The number of thioether (sulfide) groups is 1. The van der Waals surface area contributed by atoms with Crippen molar-refractivity contribution in [3.8, 4) is 17.2 Å². The molecule has 0 saturated carbocycles. The number of aliphatic hydroxyl groups excluding tert-OH is 1. The van der Waals surface area contributed by atoms with Crippen LogP contribution in [0.15, 0.2) is 76.6 Å². The maximum atomic E-state index is 13.8. The molecule has 0 aliphatic carbocycles. The van der Waals surface area contributed by atoms with Crippen LogP contribution in [0.4, 0.5) is 9.52 Å². The molecule has 1 unspecified atom stereocenters. The van der Waals surface area contributed by atoms with Crippen LogP contribution in [-0.4, -0.2) is 46.8 Å². The minimum absolute atomic E-state index is 0.0857. The first-order valence-electron chi connectivity index (χ1n) is 16.0. The molecule has 1 saturated heterocycles. The third-order valence-electron chi connectivity index (χ3n) is 7.56. The Bertz CT molecular complexity index is 1740. The number of aromatic nitrogens is 2. The van der Waals surface area contributed by atoms with Gasteiger partial charge in [-0.05, 0) is 79.4 Å². The van der Waals surface area contributed by atoms with Gasteiger partial charge in [-0.3, -0.25) is 14.5 Å². The molecule has 1 N–H and O–H groups in total. The number of hydrogen-bond acceptors (Lipinski definition) is 10. The lowest BCUT2D eigenvalue weighted by Gasteiger charge is -2.23. The van der Waals surface area contributed by atoms with Crippen LogP contribution in [0.2, 0.25) is 0 Å².